The molecule has 3 heteroatoms. The maximum atomic E-state index is 12.9. The van der Waals surface area contributed by atoms with Crippen LogP contribution in [0.1, 0.15) is 36.7 Å². The summed E-state index contributed by atoms with van der Waals surface area (Å²) >= 11 is 0. The lowest BCUT2D eigenvalue weighted by Crippen LogP contribution is -2.35. The van der Waals surface area contributed by atoms with Crippen LogP contribution in [-0.4, -0.2) is 18.6 Å². The van der Waals surface area contributed by atoms with Gasteiger partial charge in [0.1, 0.15) is 5.75 Å². The molecule has 23 heavy (non-hydrogen) atoms. The highest BCUT2D eigenvalue weighted by Gasteiger charge is 2.31. The number of anilines is 1. The topological polar surface area (TPSA) is 29.5 Å². The molecule has 1 aliphatic rings. The minimum absolute atomic E-state index is 0.0536. The quantitative estimate of drug-likeness (QED) is 0.842. The van der Waals surface area contributed by atoms with Crippen LogP contribution in [0.4, 0.5) is 5.69 Å². The number of carbonyl (C=O) groups excluding carboxylic acids is 1. The number of fused-ring (bicyclic) bond motifs is 1. The standard InChI is InChI=1S/C20H23NO2/c1-14(2)13-23-18-10-8-16(9-11-18)20(22)21-15(3)12-17-6-4-5-7-19(17)21/h4-11,14-15H,12-13H2,1-3H3/t15-/m0/s1. The maximum Gasteiger partial charge on any atom is 0.258 e. The van der Waals surface area contributed by atoms with Crippen molar-refractivity contribution in [3.8, 4) is 5.75 Å². The molecule has 0 spiro atoms. The van der Waals surface area contributed by atoms with Crippen LogP contribution in [0.2, 0.25) is 0 Å². The summed E-state index contributed by atoms with van der Waals surface area (Å²) in [5, 5.41) is 0. The van der Waals surface area contributed by atoms with Gasteiger partial charge in [0, 0.05) is 17.3 Å². The van der Waals surface area contributed by atoms with Crippen LogP contribution in [0.15, 0.2) is 48.5 Å². The largest absolute Gasteiger partial charge is 0.493 e. The second-order valence-corrected chi connectivity index (χ2v) is 6.59. The van der Waals surface area contributed by atoms with Crippen molar-refractivity contribution in [3.05, 3.63) is 59.7 Å². The first kappa shape index (κ1) is 15.6. The van der Waals surface area contributed by atoms with Crippen LogP contribution >= 0.6 is 0 Å². The van der Waals surface area contributed by atoms with Crippen LogP contribution in [-0.2, 0) is 6.42 Å². The first-order chi connectivity index (χ1) is 11.1. The molecule has 2 aromatic rings. The van der Waals surface area contributed by atoms with E-state index in [2.05, 4.69) is 26.8 Å². The molecule has 0 fully saturated rings. The number of carbonyl (C=O) groups is 1. The molecule has 3 rings (SSSR count). The summed E-state index contributed by atoms with van der Waals surface area (Å²) in [5.74, 6) is 1.35. The molecule has 1 aliphatic heterocycles. The Bertz CT molecular complexity index is 691. The Labute approximate surface area is 137 Å². The van der Waals surface area contributed by atoms with Gasteiger partial charge in [-0.25, -0.2) is 0 Å². The summed E-state index contributed by atoms with van der Waals surface area (Å²) in [6.07, 6.45) is 0.914. The lowest BCUT2D eigenvalue weighted by Gasteiger charge is -2.23. The fourth-order valence-corrected chi connectivity index (χ4v) is 2.97. The minimum Gasteiger partial charge on any atom is -0.493 e. The summed E-state index contributed by atoms with van der Waals surface area (Å²) in [5.41, 5.74) is 2.97. The van der Waals surface area contributed by atoms with Crippen molar-refractivity contribution < 1.29 is 9.53 Å². The molecule has 1 heterocycles. The number of hydrogen-bond donors (Lipinski definition) is 0. The third-order valence-corrected chi connectivity index (χ3v) is 4.11. The first-order valence-corrected chi connectivity index (χ1v) is 8.20. The Balaban J connectivity index is 1.78. The van der Waals surface area contributed by atoms with E-state index in [0.717, 1.165) is 17.9 Å². The SMILES string of the molecule is CC(C)COc1ccc(C(=O)N2c3ccccc3C[C@@H]2C)cc1. The summed E-state index contributed by atoms with van der Waals surface area (Å²) in [6.45, 7) is 7.01. The Morgan fingerprint density at radius 1 is 1.17 bits per heavy atom. The van der Waals surface area contributed by atoms with E-state index in [1.807, 2.05) is 47.4 Å². The van der Waals surface area contributed by atoms with E-state index < -0.39 is 0 Å². The number of nitrogens with zero attached hydrogens (tertiary/aromatic N) is 1. The van der Waals surface area contributed by atoms with Gasteiger partial charge in [-0.3, -0.25) is 4.79 Å². The molecule has 120 valence electrons. The lowest BCUT2D eigenvalue weighted by atomic mass is 10.1. The van der Waals surface area contributed by atoms with Crippen molar-refractivity contribution in [1.29, 1.82) is 0 Å². The van der Waals surface area contributed by atoms with Crippen LogP contribution in [0.25, 0.3) is 0 Å². The predicted molar refractivity (Wildman–Crippen MR) is 93.2 cm³/mol. The van der Waals surface area contributed by atoms with Gasteiger partial charge < -0.3 is 9.64 Å². The third-order valence-electron chi connectivity index (χ3n) is 4.11. The highest BCUT2D eigenvalue weighted by atomic mass is 16.5. The molecule has 1 amide bonds. The second kappa shape index (κ2) is 6.45. The number of amides is 1. The van der Waals surface area contributed by atoms with Crippen molar-refractivity contribution in [3.63, 3.8) is 0 Å². The smallest absolute Gasteiger partial charge is 0.258 e. The highest BCUT2D eigenvalue weighted by Crippen LogP contribution is 2.33. The number of benzene rings is 2. The first-order valence-electron chi connectivity index (χ1n) is 8.20. The Hall–Kier alpha value is -2.29. The van der Waals surface area contributed by atoms with E-state index in [1.165, 1.54) is 5.56 Å². The normalized spacial score (nSPS) is 16.5. The molecule has 3 nitrogen and oxygen atoms in total. The van der Waals surface area contributed by atoms with E-state index in [0.29, 0.717) is 18.1 Å². The van der Waals surface area contributed by atoms with E-state index >= 15 is 0 Å². The van der Waals surface area contributed by atoms with E-state index in [9.17, 15) is 4.79 Å². The zero-order valence-electron chi connectivity index (χ0n) is 14.0. The van der Waals surface area contributed by atoms with Crippen molar-refractivity contribution in [2.45, 2.75) is 33.2 Å². The zero-order chi connectivity index (χ0) is 16.4. The predicted octanol–water partition coefficient (Wildman–Crippen LogP) is 4.31. The summed E-state index contributed by atoms with van der Waals surface area (Å²) in [4.78, 5) is 14.8. The van der Waals surface area contributed by atoms with Gasteiger partial charge in [0.05, 0.1) is 6.61 Å². The fraction of sp³-hybridized carbons (Fsp3) is 0.350. The molecule has 0 aliphatic carbocycles. The summed E-state index contributed by atoms with van der Waals surface area (Å²) in [6, 6.07) is 15.8. The van der Waals surface area contributed by atoms with Crippen LogP contribution < -0.4 is 9.64 Å². The Morgan fingerprint density at radius 2 is 1.87 bits per heavy atom. The van der Waals surface area contributed by atoms with Gasteiger partial charge in [0.25, 0.3) is 5.91 Å². The monoisotopic (exact) mass is 309 g/mol. The average Bonchev–Trinajstić information content (AvgIpc) is 2.88. The van der Waals surface area contributed by atoms with E-state index in [1.54, 1.807) is 0 Å². The minimum atomic E-state index is 0.0536. The molecule has 0 saturated heterocycles. The highest BCUT2D eigenvalue weighted by molar-refractivity contribution is 6.07. The molecule has 0 bridgehead atoms. The van der Waals surface area contributed by atoms with Crippen molar-refractivity contribution in [1.82, 2.24) is 0 Å². The van der Waals surface area contributed by atoms with Gasteiger partial charge in [-0.2, -0.15) is 0 Å². The third kappa shape index (κ3) is 3.24. The van der Waals surface area contributed by atoms with Gasteiger partial charge in [0.15, 0.2) is 0 Å². The number of rotatable bonds is 4. The van der Waals surface area contributed by atoms with E-state index in [4.69, 9.17) is 4.74 Å². The van der Waals surface area contributed by atoms with Gasteiger partial charge in [0.2, 0.25) is 0 Å². The van der Waals surface area contributed by atoms with Crippen LogP contribution in [0, 0.1) is 5.92 Å². The van der Waals surface area contributed by atoms with Crippen LogP contribution in [0.5, 0.6) is 5.75 Å². The lowest BCUT2D eigenvalue weighted by molar-refractivity contribution is 0.0981. The molecule has 0 radical (unpaired) electrons. The molecule has 2 aromatic carbocycles. The summed E-state index contributed by atoms with van der Waals surface area (Å²) < 4.78 is 5.68. The fourth-order valence-electron chi connectivity index (χ4n) is 2.97. The maximum absolute atomic E-state index is 12.9. The van der Waals surface area contributed by atoms with Gasteiger partial charge in [-0.15, -0.1) is 0 Å². The Kier molecular flexibility index (Phi) is 4.37. The molecule has 0 saturated carbocycles. The zero-order valence-corrected chi connectivity index (χ0v) is 14.0. The van der Waals surface area contributed by atoms with Crippen molar-refractivity contribution in [2.75, 3.05) is 11.5 Å². The van der Waals surface area contributed by atoms with Crippen LogP contribution in [0.3, 0.4) is 0 Å². The molecular formula is C20H23NO2. The van der Waals surface area contributed by atoms with E-state index in [-0.39, 0.29) is 11.9 Å². The number of hydrogen-bond acceptors (Lipinski definition) is 2. The number of para-hydroxylation sites is 1. The molecule has 0 aromatic heterocycles. The average molecular weight is 309 g/mol. The van der Waals surface area contributed by atoms with Gasteiger partial charge >= 0.3 is 0 Å². The summed E-state index contributed by atoms with van der Waals surface area (Å²) in [7, 11) is 0. The van der Waals surface area contributed by atoms with Gasteiger partial charge in [-0.05, 0) is 55.2 Å². The molecule has 1 atom stereocenters. The second-order valence-electron chi connectivity index (χ2n) is 6.59. The molecule has 0 unspecified atom stereocenters. The van der Waals surface area contributed by atoms with Crippen molar-refractivity contribution in [2.24, 2.45) is 5.92 Å². The molecular weight excluding hydrogens is 286 g/mol. The molecule has 0 N–H and O–H groups in total. The van der Waals surface area contributed by atoms with Crippen molar-refractivity contribution >= 4 is 11.6 Å². The number of ether oxygens (including phenoxy) is 1. The van der Waals surface area contributed by atoms with Gasteiger partial charge in [-0.1, -0.05) is 32.0 Å². The Morgan fingerprint density at radius 3 is 2.57 bits per heavy atom.